The highest BCUT2D eigenvalue weighted by Crippen LogP contribution is 2.08. The van der Waals surface area contributed by atoms with Gasteiger partial charge in [-0.1, -0.05) is 27.7 Å². The second kappa shape index (κ2) is 15.4. The van der Waals surface area contributed by atoms with Crippen LogP contribution in [-0.2, 0) is 19.2 Å². The lowest BCUT2D eigenvalue weighted by atomic mass is 10.0. The van der Waals surface area contributed by atoms with E-state index in [0.29, 0.717) is 18.6 Å². The summed E-state index contributed by atoms with van der Waals surface area (Å²) in [6, 6.07) is -3.70. The number of thioether (sulfide) groups is 1. The number of nitrogens with two attached hydrogens (primary N) is 1. The first kappa shape index (κ1) is 29.5. The van der Waals surface area contributed by atoms with Crippen molar-refractivity contribution >= 4 is 48.1 Å². The van der Waals surface area contributed by atoms with Crippen LogP contribution in [0.5, 0.6) is 0 Å². The van der Waals surface area contributed by atoms with E-state index in [0.717, 1.165) is 0 Å². The van der Waals surface area contributed by atoms with Crippen molar-refractivity contribution in [2.45, 2.75) is 71.1 Å². The van der Waals surface area contributed by atoms with E-state index in [4.69, 9.17) is 5.73 Å². The molecule has 0 fully saturated rings. The molecular weight excluding hydrogens is 440 g/mol. The Morgan fingerprint density at radius 2 is 1.35 bits per heavy atom. The maximum absolute atomic E-state index is 12.7. The molecule has 9 nitrogen and oxygen atoms in total. The molecule has 3 amide bonds. The van der Waals surface area contributed by atoms with Crippen LogP contribution in [0.4, 0.5) is 0 Å². The lowest BCUT2D eigenvalue weighted by molar-refractivity contribution is -0.142. The number of hydrogen-bond acceptors (Lipinski definition) is 7. The summed E-state index contributed by atoms with van der Waals surface area (Å²) < 4.78 is 0. The minimum Gasteiger partial charge on any atom is -0.480 e. The second-order valence-electron chi connectivity index (χ2n) is 8.35. The highest BCUT2D eigenvalue weighted by molar-refractivity contribution is 7.98. The van der Waals surface area contributed by atoms with Gasteiger partial charge in [0.25, 0.3) is 0 Å². The van der Waals surface area contributed by atoms with E-state index in [1.165, 1.54) is 11.8 Å². The van der Waals surface area contributed by atoms with Crippen LogP contribution >= 0.6 is 24.4 Å². The van der Waals surface area contributed by atoms with Gasteiger partial charge in [0.2, 0.25) is 17.7 Å². The fraction of sp³-hybridized carbons (Fsp3) is 0.800. The number of amides is 3. The molecule has 0 aliphatic rings. The molecule has 6 N–H and O–H groups in total. The summed E-state index contributed by atoms with van der Waals surface area (Å²) >= 11 is 5.63. The Kier molecular flexibility index (Phi) is 14.6. The quantitative estimate of drug-likeness (QED) is 0.189. The second-order valence-corrected chi connectivity index (χ2v) is 9.70. The van der Waals surface area contributed by atoms with Gasteiger partial charge in [-0.15, -0.1) is 0 Å². The molecule has 11 heteroatoms. The molecule has 0 aromatic rings. The van der Waals surface area contributed by atoms with Crippen molar-refractivity contribution in [3.63, 3.8) is 0 Å². The monoisotopic (exact) mass is 478 g/mol. The number of carboxylic acids is 1. The third-order valence-electron chi connectivity index (χ3n) is 4.44. The predicted octanol–water partition coefficient (Wildman–Crippen LogP) is 0.628. The number of aliphatic carboxylic acids is 1. The number of carboxylic acid groups (broad SMARTS) is 1. The van der Waals surface area contributed by atoms with E-state index in [9.17, 15) is 24.3 Å². The van der Waals surface area contributed by atoms with Crippen molar-refractivity contribution < 1.29 is 24.3 Å². The number of carbonyl (C=O) groups excluding carboxylic acids is 3. The third kappa shape index (κ3) is 12.2. The number of carbonyl (C=O) groups is 4. The minimum atomic E-state index is -1.13. The third-order valence-corrected chi connectivity index (χ3v) is 5.45. The number of rotatable bonds is 15. The molecule has 180 valence electrons. The summed E-state index contributed by atoms with van der Waals surface area (Å²) in [6.07, 6.45) is 2.92. The standard InChI is InChI=1S/C20H38N4O5S2/c1-11(2)8-13(21)17(25)24-16(10-30)19(27)22-14(6-7-31-5)18(26)23-15(20(28)29)9-12(3)4/h11-16,30H,6-10,21H2,1-5H3,(H,22,27)(H,23,26)(H,24,25)(H,28,29). The molecule has 0 aliphatic carbocycles. The molecule has 0 aromatic carbocycles. The lowest BCUT2D eigenvalue weighted by Gasteiger charge is -2.25. The van der Waals surface area contributed by atoms with Crippen LogP contribution in [0, 0.1) is 11.8 Å². The molecule has 0 heterocycles. The van der Waals surface area contributed by atoms with E-state index < -0.39 is 47.9 Å². The summed E-state index contributed by atoms with van der Waals surface area (Å²) in [4.78, 5) is 49.2. The molecule has 0 aliphatic heterocycles. The molecule has 4 unspecified atom stereocenters. The van der Waals surface area contributed by atoms with Crippen molar-refractivity contribution in [1.29, 1.82) is 0 Å². The highest BCUT2D eigenvalue weighted by atomic mass is 32.2. The van der Waals surface area contributed by atoms with Crippen molar-refractivity contribution in [2.24, 2.45) is 17.6 Å². The van der Waals surface area contributed by atoms with Gasteiger partial charge in [0.15, 0.2) is 0 Å². The molecule has 0 saturated heterocycles. The van der Waals surface area contributed by atoms with Crippen molar-refractivity contribution in [2.75, 3.05) is 17.8 Å². The molecule has 0 rings (SSSR count). The Morgan fingerprint density at radius 1 is 0.871 bits per heavy atom. The van der Waals surface area contributed by atoms with Gasteiger partial charge in [-0.25, -0.2) is 4.79 Å². The van der Waals surface area contributed by atoms with E-state index in [-0.39, 0.29) is 24.0 Å². The summed E-state index contributed by atoms with van der Waals surface area (Å²) in [5.41, 5.74) is 5.87. The smallest absolute Gasteiger partial charge is 0.326 e. The van der Waals surface area contributed by atoms with Crippen LogP contribution in [0.3, 0.4) is 0 Å². The van der Waals surface area contributed by atoms with Crippen molar-refractivity contribution in [3.8, 4) is 0 Å². The summed E-state index contributed by atoms with van der Waals surface area (Å²) in [5.74, 6) is -1.84. The van der Waals surface area contributed by atoms with Crippen LogP contribution in [0.1, 0.15) is 47.0 Å². The maximum Gasteiger partial charge on any atom is 0.326 e. The lowest BCUT2D eigenvalue weighted by Crippen LogP contribution is -2.57. The first-order chi connectivity index (χ1) is 14.4. The van der Waals surface area contributed by atoms with Gasteiger partial charge in [-0.2, -0.15) is 24.4 Å². The predicted molar refractivity (Wildman–Crippen MR) is 127 cm³/mol. The molecule has 0 spiro atoms. The van der Waals surface area contributed by atoms with E-state index in [1.807, 2.05) is 34.0 Å². The van der Waals surface area contributed by atoms with Gasteiger partial charge in [-0.3, -0.25) is 14.4 Å². The van der Waals surface area contributed by atoms with Crippen molar-refractivity contribution in [3.05, 3.63) is 0 Å². The fourth-order valence-corrected chi connectivity index (χ4v) is 3.56. The van der Waals surface area contributed by atoms with Gasteiger partial charge < -0.3 is 26.8 Å². The van der Waals surface area contributed by atoms with Gasteiger partial charge in [-0.05, 0) is 43.1 Å². The summed E-state index contributed by atoms with van der Waals surface area (Å²) in [6.45, 7) is 7.60. The van der Waals surface area contributed by atoms with E-state index in [2.05, 4.69) is 28.6 Å². The number of nitrogens with one attached hydrogen (secondary N) is 3. The normalized spacial score (nSPS) is 15.1. The average Bonchev–Trinajstić information content (AvgIpc) is 2.67. The zero-order chi connectivity index (χ0) is 24.1. The van der Waals surface area contributed by atoms with Crippen LogP contribution < -0.4 is 21.7 Å². The zero-order valence-electron chi connectivity index (χ0n) is 19.0. The van der Waals surface area contributed by atoms with Crippen LogP contribution in [0.15, 0.2) is 0 Å². The van der Waals surface area contributed by atoms with Gasteiger partial charge in [0, 0.05) is 5.75 Å². The Hall–Kier alpha value is -1.46. The highest BCUT2D eigenvalue weighted by Gasteiger charge is 2.30. The topological polar surface area (TPSA) is 151 Å². The maximum atomic E-state index is 12.7. The fourth-order valence-electron chi connectivity index (χ4n) is 2.83. The molecular formula is C20H38N4O5S2. The first-order valence-electron chi connectivity index (χ1n) is 10.4. The Morgan fingerprint density at radius 3 is 1.81 bits per heavy atom. The molecule has 31 heavy (non-hydrogen) atoms. The van der Waals surface area contributed by atoms with E-state index >= 15 is 0 Å². The minimum absolute atomic E-state index is 0.0218. The zero-order valence-corrected chi connectivity index (χ0v) is 20.7. The van der Waals surface area contributed by atoms with Crippen LogP contribution in [0.2, 0.25) is 0 Å². The van der Waals surface area contributed by atoms with Crippen LogP contribution in [-0.4, -0.2) is 70.7 Å². The Balaban J connectivity index is 5.20. The molecule has 0 bridgehead atoms. The first-order valence-corrected chi connectivity index (χ1v) is 12.4. The molecule has 0 radical (unpaired) electrons. The van der Waals surface area contributed by atoms with E-state index in [1.54, 1.807) is 0 Å². The Labute approximate surface area is 194 Å². The SMILES string of the molecule is CSCCC(NC(=O)C(CS)NC(=O)C(N)CC(C)C)C(=O)NC(CC(C)C)C(=O)O. The summed E-state index contributed by atoms with van der Waals surface area (Å²) in [7, 11) is 0. The molecule has 4 atom stereocenters. The summed E-state index contributed by atoms with van der Waals surface area (Å²) in [5, 5.41) is 17.1. The van der Waals surface area contributed by atoms with Crippen LogP contribution in [0.25, 0.3) is 0 Å². The largest absolute Gasteiger partial charge is 0.480 e. The van der Waals surface area contributed by atoms with Gasteiger partial charge >= 0.3 is 5.97 Å². The number of thiol groups is 1. The molecule has 0 saturated carbocycles. The average molecular weight is 479 g/mol. The van der Waals surface area contributed by atoms with Gasteiger partial charge in [0.05, 0.1) is 6.04 Å². The van der Waals surface area contributed by atoms with Crippen molar-refractivity contribution in [1.82, 2.24) is 16.0 Å². The number of hydrogen-bond donors (Lipinski definition) is 6. The molecule has 0 aromatic heterocycles. The van der Waals surface area contributed by atoms with Gasteiger partial charge in [0.1, 0.15) is 18.1 Å². The Bertz CT molecular complexity index is 604.